The Labute approximate surface area is 224 Å². The number of allylic oxidation sites excluding steroid dienone is 1. The molecule has 0 radical (unpaired) electrons. The number of hydrogen-bond donors (Lipinski definition) is 1. The number of carbonyl (C=O) groups excluding carboxylic acids is 3. The van der Waals surface area contributed by atoms with Gasteiger partial charge in [0.25, 0.3) is 5.91 Å². The molecule has 0 aliphatic carbocycles. The summed E-state index contributed by atoms with van der Waals surface area (Å²) in [5.74, 6) is -2.65. The van der Waals surface area contributed by atoms with Crippen LogP contribution in [0.2, 0.25) is 0 Å². The fourth-order valence-corrected chi connectivity index (χ4v) is 6.67. The topological polar surface area (TPSA) is 96.4 Å². The second-order valence-corrected chi connectivity index (χ2v) is 11.2. The molecule has 1 N–H and O–H groups in total. The van der Waals surface area contributed by atoms with Gasteiger partial charge in [0.15, 0.2) is 0 Å². The van der Waals surface area contributed by atoms with Gasteiger partial charge in [-0.15, -0.1) is 0 Å². The number of hydrogen-bond acceptors (Lipinski definition) is 6. The van der Waals surface area contributed by atoms with Crippen molar-refractivity contribution in [1.82, 2.24) is 4.90 Å². The van der Waals surface area contributed by atoms with Crippen LogP contribution in [0.15, 0.2) is 42.5 Å². The number of rotatable bonds is 6. The van der Waals surface area contributed by atoms with Gasteiger partial charge < -0.3 is 24.4 Å². The molecule has 0 bridgehead atoms. The van der Waals surface area contributed by atoms with Crippen molar-refractivity contribution in [1.29, 1.82) is 0 Å². The van der Waals surface area contributed by atoms with E-state index in [1.165, 1.54) is 0 Å². The van der Waals surface area contributed by atoms with Gasteiger partial charge in [-0.2, -0.15) is 0 Å². The first-order valence-corrected chi connectivity index (χ1v) is 13.8. The van der Waals surface area contributed by atoms with Crippen molar-refractivity contribution in [2.75, 3.05) is 31.2 Å². The maximum absolute atomic E-state index is 14.5. The van der Waals surface area contributed by atoms with Gasteiger partial charge in [0.2, 0.25) is 5.91 Å². The third-order valence-electron chi connectivity index (χ3n) is 8.46. The molecule has 2 fully saturated rings. The van der Waals surface area contributed by atoms with Crippen LogP contribution < -0.4 is 4.90 Å². The number of aliphatic hydroxyl groups excluding tert-OH is 1. The van der Waals surface area contributed by atoms with Gasteiger partial charge in [-0.25, -0.2) is 0 Å². The van der Waals surface area contributed by atoms with E-state index in [1.807, 2.05) is 63.3 Å². The Balaban J connectivity index is 1.61. The molecular formula is C30H38N2O6. The largest absolute Gasteiger partial charge is 0.465 e. The number of unbranched alkanes of at least 4 members (excludes halogenated alkanes) is 2. The minimum absolute atomic E-state index is 0.0771. The van der Waals surface area contributed by atoms with Gasteiger partial charge >= 0.3 is 5.97 Å². The second kappa shape index (κ2) is 10.3. The molecule has 2 saturated heterocycles. The summed E-state index contributed by atoms with van der Waals surface area (Å²) in [7, 11) is 0. The van der Waals surface area contributed by atoms with Crippen molar-refractivity contribution in [2.45, 2.75) is 70.1 Å². The first-order valence-electron chi connectivity index (χ1n) is 13.8. The quantitative estimate of drug-likeness (QED) is 0.350. The molecule has 38 heavy (non-hydrogen) atoms. The molecule has 0 aromatic heterocycles. The number of aliphatic hydroxyl groups is 1. The van der Waals surface area contributed by atoms with Crippen LogP contribution in [0, 0.1) is 25.7 Å². The van der Waals surface area contributed by atoms with Gasteiger partial charge in [-0.05, 0) is 70.1 Å². The Kier molecular flexibility index (Phi) is 7.22. The number of aryl methyl sites for hydroxylation is 2. The van der Waals surface area contributed by atoms with Crippen LogP contribution in [0.1, 0.15) is 50.2 Å². The molecule has 0 saturated carbocycles. The smallest absolute Gasteiger partial charge is 0.313 e. The maximum Gasteiger partial charge on any atom is 0.313 e. The molecule has 204 valence electrons. The monoisotopic (exact) mass is 522 g/mol. The van der Waals surface area contributed by atoms with Crippen LogP contribution >= 0.6 is 0 Å². The maximum atomic E-state index is 14.5. The normalized spacial score (nSPS) is 33.6. The van der Waals surface area contributed by atoms with Crippen LogP contribution in [-0.2, 0) is 23.9 Å². The van der Waals surface area contributed by atoms with Crippen LogP contribution in [0.5, 0.6) is 0 Å². The lowest BCUT2D eigenvalue weighted by molar-refractivity contribution is -0.158. The molecule has 4 aliphatic heterocycles. The summed E-state index contributed by atoms with van der Waals surface area (Å²) >= 11 is 0. The molecule has 2 amide bonds. The molecule has 1 spiro atoms. The molecule has 5 rings (SSSR count). The lowest BCUT2D eigenvalue weighted by Crippen LogP contribution is -2.56. The zero-order valence-corrected chi connectivity index (χ0v) is 22.5. The van der Waals surface area contributed by atoms with E-state index < -0.39 is 35.0 Å². The highest BCUT2D eigenvalue weighted by atomic mass is 16.6. The predicted octanol–water partition coefficient (Wildman–Crippen LogP) is 3.23. The molecule has 1 unspecified atom stereocenters. The van der Waals surface area contributed by atoms with Crippen molar-refractivity contribution >= 4 is 23.5 Å². The molecular weight excluding hydrogens is 484 g/mol. The van der Waals surface area contributed by atoms with Gasteiger partial charge in [-0.3, -0.25) is 14.4 Å². The number of ether oxygens (including phenoxy) is 2. The van der Waals surface area contributed by atoms with E-state index in [1.54, 1.807) is 9.80 Å². The Bertz CT molecular complexity index is 1180. The first-order chi connectivity index (χ1) is 18.2. The summed E-state index contributed by atoms with van der Waals surface area (Å²) in [6.45, 7) is 6.84. The highest BCUT2D eigenvalue weighted by Crippen LogP contribution is 2.57. The van der Waals surface area contributed by atoms with Crippen molar-refractivity contribution in [3.05, 3.63) is 53.6 Å². The summed E-state index contributed by atoms with van der Waals surface area (Å²) in [6, 6.07) is 5.09. The third kappa shape index (κ3) is 4.28. The molecule has 4 aliphatic rings. The van der Waals surface area contributed by atoms with E-state index in [0.717, 1.165) is 29.7 Å². The van der Waals surface area contributed by atoms with E-state index in [2.05, 4.69) is 0 Å². The van der Waals surface area contributed by atoms with Gasteiger partial charge in [0.05, 0.1) is 18.1 Å². The highest BCUT2D eigenvalue weighted by Gasteiger charge is 2.74. The summed E-state index contributed by atoms with van der Waals surface area (Å²) in [6.07, 6.45) is 11.1. The van der Waals surface area contributed by atoms with Crippen LogP contribution in [0.4, 0.5) is 5.69 Å². The zero-order valence-electron chi connectivity index (χ0n) is 22.5. The molecule has 1 aromatic carbocycles. The van der Waals surface area contributed by atoms with E-state index in [0.29, 0.717) is 32.4 Å². The number of amides is 2. The summed E-state index contributed by atoms with van der Waals surface area (Å²) in [5.41, 5.74) is 0.433. The first kappa shape index (κ1) is 26.6. The lowest BCUT2D eigenvalue weighted by Gasteiger charge is -2.37. The van der Waals surface area contributed by atoms with Gasteiger partial charge in [0, 0.05) is 25.4 Å². The number of nitrogens with zero attached hydrogens (tertiary/aromatic N) is 2. The molecule has 8 nitrogen and oxygen atoms in total. The number of benzene rings is 1. The van der Waals surface area contributed by atoms with Gasteiger partial charge in [-0.1, -0.05) is 36.4 Å². The molecule has 5 atom stereocenters. The number of likely N-dealkylation sites (tertiary alicyclic amines) is 1. The number of fused-ring (bicyclic) bond motifs is 2. The standard InChI is InChI=1S/C30H38N2O6/c1-20-11-12-21(2)22(19-20)31-16-10-14-30-23(24-28(36)37-18-9-4-6-13-29(24,3)38-30)26(34)32(25(30)27(31)35)15-7-5-8-17-33/h6,10-14,19,23-25,33H,4-5,7-9,15-18H2,1-3H3/b13-6-/t23-,24+,25?,29-,30-/m0/s1. The van der Waals surface area contributed by atoms with Crippen LogP contribution in [0.3, 0.4) is 0 Å². The fraction of sp³-hybridized carbons (Fsp3) is 0.567. The van der Waals surface area contributed by atoms with E-state index in [9.17, 15) is 19.5 Å². The third-order valence-corrected chi connectivity index (χ3v) is 8.46. The average Bonchev–Trinajstić information content (AvgIpc) is 3.23. The lowest BCUT2D eigenvalue weighted by atomic mass is 9.74. The Morgan fingerprint density at radius 2 is 1.84 bits per heavy atom. The van der Waals surface area contributed by atoms with E-state index >= 15 is 0 Å². The SMILES string of the molecule is Cc1ccc(C)c(N2CC=C[C@]34O[C@@]5(C)/C=C\CCCOC(=O)[C@H]5[C@H]3C(=O)N(CCCCCO)C4C2=O)c1. The van der Waals surface area contributed by atoms with Crippen LogP contribution in [-0.4, -0.2) is 71.3 Å². The zero-order chi connectivity index (χ0) is 27.1. The van der Waals surface area contributed by atoms with Crippen molar-refractivity contribution in [3.63, 3.8) is 0 Å². The number of carbonyl (C=O) groups is 3. The summed E-state index contributed by atoms with van der Waals surface area (Å²) in [4.78, 5) is 45.5. The Morgan fingerprint density at radius 3 is 2.63 bits per heavy atom. The average molecular weight is 523 g/mol. The number of anilines is 1. The van der Waals surface area contributed by atoms with Crippen molar-refractivity contribution in [2.24, 2.45) is 11.8 Å². The minimum Gasteiger partial charge on any atom is -0.465 e. The molecule has 4 heterocycles. The van der Waals surface area contributed by atoms with Crippen LogP contribution in [0.25, 0.3) is 0 Å². The summed E-state index contributed by atoms with van der Waals surface area (Å²) in [5, 5.41) is 9.25. The highest BCUT2D eigenvalue weighted by molar-refractivity contribution is 6.06. The van der Waals surface area contributed by atoms with Gasteiger partial charge in [0.1, 0.15) is 17.6 Å². The molecule has 8 heteroatoms. The van der Waals surface area contributed by atoms with E-state index in [4.69, 9.17) is 9.47 Å². The minimum atomic E-state index is -1.29. The molecule has 1 aromatic rings. The fourth-order valence-electron chi connectivity index (χ4n) is 6.67. The number of esters is 1. The predicted molar refractivity (Wildman–Crippen MR) is 142 cm³/mol. The Hall–Kier alpha value is -2.97. The van der Waals surface area contributed by atoms with Crippen molar-refractivity contribution in [3.8, 4) is 0 Å². The summed E-state index contributed by atoms with van der Waals surface area (Å²) < 4.78 is 12.4. The second-order valence-electron chi connectivity index (χ2n) is 11.2. The van der Waals surface area contributed by atoms with E-state index in [-0.39, 0.29) is 25.0 Å². The number of cyclic esters (lactones) is 1. The Morgan fingerprint density at radius 1 is 1.03 bits per heavy atom. The van der Waals surface area contributed by atoms with Crippen molar-refractivity contribution < 1.29 is 29.0 Å².